The van der Waals surface area contributed by atoms with Gasteiger partial charge in [-0.3, -0.25) is 0 Å². The van der Waals surface area contributed by atoms with Crippen molar-refractivity contribution in [3.8, 4) is 22.4 Å². The standard InChI is InChI=1S/C17H11BrN2OS2/c1-21-15-5-4-13(18)8-11(15)7-12(9-19)17-20-14(10-23-17)16-3-2-6-22-16/h2-8,10H,1H3/b12-7-. The molecule has 0 aliphatic carbocycles. The number of thiophene rings is 1. The monoisotopic (exact) mass is 402 g/mol. The van der Waals surface area contributed by atoms with Gasteiger partial charge in [0.15, 0.2) is 0 Å². The van der Waals surface area contributed by atoms with Gasteiger partial charge in [-0.1, -0.05) is 22.0 Å². The number of aromatic nitrogens is 1. The molecule has 0 radical (unpaired) electrons. The van der Waals surface area contributed by atoms with Gasteiger partial charge in [-0.25, -0.2) is 4.98 Å². The zero-order valence-electron chi connectivity index (χ0n) is 12.1. The van der Waals surface area contributed by atoms with Crippen molar-refractivity contribution in [2.75, 3.05) is 7.11 Å². The Labute approximate surface area is 150 Å². The van der Waals surface area contributed by atoms with E-state index in [1.807, 2.05) is 41.1 Å². The predicted molar refractivity (Wildman–Crippen MR) is 99.6 cm³/mol. The van der Waals surface area contributed by atoms with Gasteiger partial charge in [-0.05, 0) is 35.7 Å². The van der Waals surface area contributed by atoms with Crippen LogP contribution in [0.4, 0.5) is 0 Å². The highest BCUT2D eigenvalue weighted by atomic mass is 79.9. The van der Waals surface area contributed by atoms with Gasteiger partial charge in [0.25, 0.3) is 0 Å². The van der Waals surface area contributed by atoms with Crippen molar-refractivity contribution in [2.24, 2.45) is 0 Å². The molecule has 114 valence electrons. The predicted octanol–water partition coefficient (Wildman–Crippen LogP) is 5.71. The van der Waals surface area contributed by atoms with Crippen LogP contribution >= 0.6 is 38.6 Å². The van der Waals surface area contributed by atoms with E-state index in [1.54, 1.807) is 24.5 Å². The molecule has 3 aromatic rings. The number of hydrogen-bond acceptors (Lipinski definition) is 5. The number of hydrogen-bond donors (Lipinski definition) is 0. The lowest BCUT2D eigenvalue weighted by Crippen LogP contribution is -1.88. The Hall–Kier alpha value is -1.94. The van der Waals surface area contributed by atoms with Gasteiger partial charge >= 0.3 is 0 Å². The summed E-state index contributed by atoms with van der Waals surface area (Å²) in [6.45, 7) is 0. The average molecular weight is 403 g/mol. The minimum Gasteiger partial charge on any atom is -0.496 e. The summed E-state index contributed by atoms with van der Waals surface area (Å²) in [4.78, 5) is 5.69. The van der Waals surface area contributed by atoms with Crippen molar-refractivity contribution >= 4 is 50.3 Å². The minimum absolute atomic E-state index is 0.522. The van der Waals surface area contributed by atoms with Crippen LogP contribution in [0.5, 0.6) is 5.75 Å². The minimum atomic E-state index is 0.522. The van der Waals surface area contributed by atoms with E-state index in [4.69, 9.17) is 4.74 Å². The first-order chi connectivity index (χ1) is 11.2. The molecule has 0 fully saturated rings. The molecule has 0 aliphatic rings. The molecule has 0 saturated heterocycles. The molecule has 3 rings (SSSR count). The third kappa shape index (κ3) is 3.53. The molecule has 0 saturated carbocycles. The van der Waals surface area contributed by atoms with E-state index in [-0.39, 0.29) is 0 Å². The molecule has 0 bridgehead atoms. The number of benzene rings is 1. The summed E-state index contributed by atoms with van der Waals surface area (Å²) in [5.74, 6) is 0.719. The maximum Gasteiger partial charge on any atom is 0.134 e. The molecule has 23 heavy (non-hydrogen) atoms. The van der Waals surface area contributed by atoms with E-state index in [0.29, 0.717) is 10.6 Å². The maximum absolute atomic E-state index is 9.51. The lowest BCUT2D eigenvalue weighted by Gasteiger charge is -2.05. The van der Waals surface area contributed by atoms with Crippen LogP contribution in [-0.2, 0) is 0 Å². The van der Waals surface area contributed by atoms with Crippen molar-refractivity contribution in [3.05, 3.63) is 56.1 Å². The third-order valence-electron chi connectivity index (χ3n) is 3.12. The van der Waals surface area contributed by atoms with Gasteiger partial charge in [0.1, 0.15) is 16.8 Å². The first-order valence-corrected chi connectivity index (χ1v) is 9.21. The molecule has 2 aromatic heterocycles. The highest BCUT2D eigenvalue weighted by Gasteiger charge is 2.11. The van der Waals surface area contributed by atoms with E-state index < -0.39 is 0 Å². The zero-order chi connectivity index (χ0) is 16.2. The van der Waals surface area contributed by atoms with Gasteiger partial charge in [-0.2, -0.15) is 5.26 Å². The molecule has 0 unspecified atom stereocenters. The maximum atomic E-state index is 9.51. The number of nitrogens with zero attached hydrogens (tertiary/aromatic N) is 2. The molecule has 0 atom stereocenters. The smallest absolute Gasteiger partial charge is 0.134 e. The normalized spacial score (nSPS) is 11.3. The Balaban J connectivity index is 2.01. The van der Waals surface area contributed by atoms with Gasteiger partial charge in [0, 0.05) is 15.4 Å². The molecule has 0 N–H and O–H groups in total. The van der Waals surface area contributed by atoms with Crippen LogP contribution in [0.25, 0.3) is 22.2 Å². The second kappa shape index (κ2) is 7.09. The Morgan fingerprint density at radius 2 is 2.22 bits per heavy atom. The van der Waals surface area contributed by atoms with Crippen LogP contribution in [0.1, 0.15) is 10.6 Å². The summed E-state index contributed by atoms with van der Waals surface area (Å²) in [5, 5.41) is 14.2. The Morgan fingerprint density at radius 1 is 1.35 bits per heavy atom. The fourth-order valence-electron chi connectivity index (χ4n) is 2.05. The fourth-order valence-corrected chi connectivity index (χ4v) is 3.98. The Morgan fingerprint density at radius 3 is 2.91 bits per heavy atom. The van der Waals surface area contributed by atoms with Gasteiger partial charge in [0.05, 0.1) is 23.3 Å². The molecule has 6 heteroatoms. The van der Waals surface area contributed by atoms with Gasteiger partial charge in [0.2, 0.25) is 0 Å². The van der Waals surface area contributed by atoms with Crippen LogP contribution in [0.15, 0.2) is 45.6 Å². The summed E-state index contributed by atoms with van der Waals surface area (Å²) >= 11 is 6.55. The second-order valence-electron chi connectivity index (χ2n) is 4.57. The van der Waals surface area contributed by atoms with E-state index in [1.165, 1.54) is 11.3 Å². The van der Waals surface area contributed by atoms with E-state index >= 15 is 0 Å². The highest BCUT2D eigenvalue weighted by Crippen LogP contribution is 2.31. The van der Waals surface area contributed by atoms with Crippen LogP contribution in [0.3, 0.4) is 0 Å². The summed E-state index contributed by atoms with van der Waals surface area (Å²) in [7, 11) is 1.62. The first-order valence-electron chi connectivity index (χ1n) is 6.66. The Bertz CT molecular complexity index is 892. The highest BCUT2D eigenvalue weighted by molar-refractivity contribution is 9.10. The average Bonchev–Trinajstić information content (AvgIpc) is 3.23. The Kier molecular flexibility index (Phi) is 4.91. The van der Waals surface area contributed by atoms with Gasteiger partial charge < -0.3 is 4.74 Å². The summed E-state index contributed by atoms with van der Waals surface area (Å²) in [5.41, 5.74) is 2.27. The zero-order valence-corrected chi connectivity index (χ0v) is 15.3. The molecule has 0 amide bonds. The number of nitriles is 1. The van der Waals surface area contributed by atoms with Crippen molar-refractivity contribution in [3.63, 3.8) is 0 Å². The number of allylic oxidation sites excluding steroid dienone is 1. The van der Waals surface area contributed by atoms with Gasteiger partial charge in [-0.15, -0.1) is 22.7 Å². The van der Waals surface area contributed by atoms with E-state index in [0.717, 1.165) is 26.4 Å². The molecular weight excluding hydrogens is 392 g/mol. The van der Waals surface area contributed by atoms with Crippen LogP contribution in [0, 0.1) is 11.3 Å². The van der Waals surface area contributed by atoms with Crippen molar-refractivity contribution in [1.29, 1.82) is 5.26 Å². The summed E-state index contributed by atoms with van der Waals surface area (Å²) in [6, 6.07) is 11.9. The van der Waals surface area contributed by atoms with Crippen molar-refractivity contribution in [2.45, 2.75) is 0 Å². The molecule has 2 heterocycles. The molecular formula is C17H11BrN2OS2. The number of halogens is 1. The van der Waals surface area contributed by atoms with Crippen LogP contribution in [-0.4, -0.2) is 12.1 Å². The summed E-state index contributed by atoms with van der Waals surface area (Å²) < 4.78 is 6.29. The molecule has 0 spiro atoms. The third-order valence-corrected chi connectivity index (χ3v) is 5.38. The first kappa shape index (κ1) is 15.9. The van der Waals surface area contributed by atoms with E-state index in [2.05, 4.69) is 27.0 Å². The number of rotatable bonds is 4. The van der Waals surface area contributed by atoms with Crippen LogP contribution in [0.2, 0.25) is 0 Å². The van der Waals surface area contributed by atoms with E-state index in [9.17, 15) is 5.26 Å². The molecule has 3 nitrogen and oxygen atoms in total. The fraction of sp³-hybridized carbons (Fsp3) is 0.0588. The largest absolute Gasteiger partial charge is 0.496 e. The quantitative estimate of drug-likeness (QED) is 0.525. The lowest BCUT2D eigenvalue weighted by atomic mass is 10.1. The second-order valence-corrected chi connectivity index (χ2v) is 7.29. The molecule has 0 aliphatic heterocycles. The van der Waals surface area contributed by atoms with Crippen molar-refractivity contribution < 1.29 is 4.74 Å². The number of ether oxygens (including phenoxy) is 1. The van der Waals surface area contributed by atoms with Crippen molar-refractivity contribution in [1.82, 2.24) is 4.98 Å². The van der Waals surface area contributed by atoms with Crippen LogP contribution < -0.4 is 4.74 Å². The SMILES string of the molecule is COc1ccc(Br)cc1/C=C(/C#N)c1nc(-c2cccs2)cs1. The molecule has 1 aromatic carbocycles. The summed E-state index contributed by atoms with van der Waals surface area (Å²) in [6.07, 6.45) is 1.81. The topological polar surface area (TPSA) is 45.9 Å². The number of thiazole rings is 1. The lowest BCUT2D eigenvalue weighted by molar-refractivity contribution is 0.414. The number of methoxy groups -OCH3 is 1.